The van der Waals surface area contributed by atoms with Crippen molar-refractivity contribution in [3.05, 3.63) is 29.8 Å². The first kappa shape index (κ1) is 14.4. The molecule has 20 heavy (non-hydrogen) atoms. The molecule has 0 bridgehead atoms. The van der Waals surface area contributed by atoms with Crippen molar-refractivity contribution in [2.45, 2.75) is 25.3 Å². The van der Waals surface area contributed by atoms with E-state index >= 15 is 0 Å². The van der Waals surface area contributed by atoms with Crippen LogP contribution >= 0.6 is 0 Å². The predicted molar refractivity (Wildman–Crippen MR) is 73.5 cm³/mol. The van der Waals surface area contributed by atoms with Gasteiger partial charge in [-0.05, 0) is 19.5 Å². The Morgan fingerprint density at radius 2 is 2.00 bits per heavy atom. The Morgan fingerprint density at radius 3 is 2.65 bits per heavy atom. The maximum Gasteiger partial charge on any atom is 0.267 e. The van der Waals surface area contributed by atoms with Crippen LogP contribution in [0.4, 0.5) is 5.95 Å². The van der Waals surface area contributed by atoms with E-state index in [1.54, 1.807) is 13.0 Å². The number of aromatic amines is 1. The molecule has 0 amide bonds. The number of anilines is 1. The summed E-state index contributed by atoms with van der Waals surface area (Å²) in [6.45, 7) is 4.68. The average Bonchev–Trinajstić information content (AvgIpc) is 2.79. The van der Waals surface area contributed by atoms with E-state index in [0.717, 1.165) is 6.54 Å². The van der Waals surface area contributed by atoms with Crippen LogP contribution in [0.25, 0.3) is 0 Å². The van der Waals surface area contributed by atoms with Gasteiger partial charge in [0.15, 0.2) is 0 Å². The summed E-state index contributed by atoms with van der Waals surface area (Å²) in [5.41, 5.74) is 0.911. The van der Waals surface area contributed by atoms with Gasteiger partial charge in [-0.1, -0.05) is 6.92 Å². The molecule has 2 heterocycles. The minimum absolute atomic E-state index is 0.0301. The zero-order chi connectivity index (χ0) is 14.6. The number of aromatic nitrogens is 4. The molecule has 0 saturated heterocycles. The van der Waals surface area contributed by atoms with Crippen LogP contribution in [0.15, 0.2) is 23.4 Å². The fourth-order valence-electron chi connectivity index (χ4n) is 1.71. The molecule has 9 heteroatoms. The fraction of sp³-hybridized carbons (Fsp3) is 0.364. The Balaban J connectivity index is 2.32. The van der Waals surface area contributed by atoms with Gasteiger partial charge in [-0.15, -0.1) is 0 Å². The van der Waals surface area contributed by atoms with Crippen molar-refractivity contribution >= 4 is 16.0 Å². The summed E-state index contributed by atoms with van der Waals surface area (Å²) in [6.07, 6.45) is 2.93. The third kappa shape index (κ3) is 3.11. The van der Waals surface area contributed by atoms with E-state index in [2.05, 4.69) is 30.2 Å². The van der Waals surface area contributed by atoms with E-state index in [-0.39, 0.29) is 10.8 Å². The maximum absolute atomic E-state index is 12.4. The largest absolute Gasteiger partial charge is 0.311 e. The molecular weight excluding hydrogens is 280 g/mol. The van der Waals surface area contributed by atoms with Crippen molar-refractivity contribution in [3.8, 4) is 0 Å². The molecule has 108 valence electrons. The summed E-state index contributed by atoms with van der Waals surface area (Å²) < 4.78 is 27.1. The molecule has 0 spiro atoms. The minimum Gasteiger partial charge on any atom is -0.311 e. The number of H-pyrrole nitrogens is 1. The van der Waals surface area contributed by atoms with E-state index in [4.69, 9.17) is 0 Å². The second-order valence-electron chi connectivity index (χ2n) is 4.08. The monoisotopic (exact) mass is 296 g/mol. The highest BCUT2D eigenvalue weighted by molar-refractivity contribution is 7.92. The summed E-state index contributed by atoms with van der Waals surface area (Å²) >= 11 is 0. The van der Waals surface area contributed by atoms with Crippen LogP contribution in [-0.4, -0.2) is 35.1 Å². The highest BCUT2D eigenvalue weighted by Gasteiger charge is 2.24. The molecule has 0 radical (unpaired) electrons. The summed E-state index contributed by atoms with van der Waals surface area (Å²) in [5.74, 6) is 0.0301. The van der Waals surface area contributed by atoms with Crippen LogP contribution in [0.1, 0.15) is 18.3 Å². The first-order valence-electron chi connectivity index (χ1n) is 6.09. The number of hydrogen-bond donors (Lipinski definition) is 3. The van der Waals surface area contributed by atoms with Gasteiger partial charge in [0.1, 0.15) is 4.90 Å². The molecule has 0 unspecified atom stereocenters. The van der Waals surface area contributed by atoms with E-state index in [0.29, 0.717) is 17.9 Å². The number of nitrogens with zero attached hydrogens (tertiary/aromatic N) is 3. The number of nitrogens with one attached hydrogen (secondary N) is 3. The van der Waals surface area contributed by atoms with Gasteiger partial charge in [0.05, 0.1) is 11.4 Å². The van der Waals surface area contributed by atoms with Crippen LogP contribution in [0.3, 0.4) is 0 Å². The van der Waals surface area contributed by atoms with Gasteiger partial charge in [-0.3, -0.25) is 5.10 Å². The Hall–Kier alpha value is -2.00. The zero-order valence-electron chi connectivity index (χ0n) is 11.2. The number of rotatable bonds is 6. The van der Waals surface area contributed by atoms with Crippen molar-refractivity contribution in [1.82, 2.24) is 25.5 Å². The quantitative estimate of drug-likeness (QED) is 0.712. The Bertz CT molecular complexity index is 667. The molecule has 2 aromatic heterocycles. The van der Waals surface area contributed by atoms with Gasteiger partial charge in [0, 0.05) is 18.9 Å². The van der Waals surface area contributed by atoms with E-state index in [1.165, 1.54) is 12.4 Å². The number of aryl methyl sites for hydroxylation is 1. The zero-order valence-corrected chi connectivity index (χ0v) is 12.0. The van der Waals surface area contributed by atoms with E-state index < -0.39 is 10.0 Å². The lowest BCUT2D eigenvalue weighted by Crippen LogP contribution is -2.19. The van der Waals surface area contributed by atoms with Gasteiger partial charge >= 0.3 is 0 Å². The molecule has 3 N–H and O–H groups in total. The van der Waals surface area contributed by atoms with Gasteiger partial charge < -0.3 is 5.32 Å². The molecule has 0 aliphatic carbocycles. The second kappa shape index (κ2) is 5.97. The van der Waals surface area contributed by atoms with Gasteiger partial charge in [-0.2, -0.15) is 5.10 Å². The standard InChI is InChI=1S/C11H16N6O2S/c1-3-12-7-9-10(8(2)15-16-9)20(18,19)17-11-13-5-4-6-14-11/h4-6,12H,3,7H2,1-2H3,(H,15,16)(H,13,14,17). The van der Waals surface area contributed by atoms with Crippen molar-refractivity contribution in [2.75, 3.05) is 11.3 Å². The van der Waals surface area contributed by atoms with Crippen molar-refractivity contribution in [1.29, 1.82) is 0 Å². The average molecular weight is 296 g/mol. The van der Waals surface area contributed by atoms with Crippen LogP contribution in [-0.2, 0) is 16.6 Å². The van der Waals surface area contributed by atoms with Crippen molar-refractivity contribution in [2.24, 2.45) is 0 Å². The van der Waals surface area contributed by atoms with Gasteiger partial charge in [0.2, 0.25) is 5.95 Å². The lowest BCUT2D eigenvalue weighted by atomic mass is 10.3. The topological polar surface area (TPSA) is 113 Å². The molecule has 0 aliphatic rings. The minimum atomic E-state index is -3.77. The predicted octanol–water partition coefficient (Wildman–Crippen LogP) is 0.418. The Labute approximate surface area is 117 Å². The Morgan fingerprint density at radius 1 is 1.30 bits per heavy atom. The molecule has 2 rings (SSSR count). The molecule has 0 aliphatic heterocycles. The van der Waals surface area contributed by atoms with Gasteiger partial charge in [0.25, 0.3) is 10.0 Å². The van der Waals surface area contributed by atoms with Crippen LogP contribution in [0.2, 0.25) is 0 Å². The van der Waals surface area contributed by atoms with Crippen molar-refractivity contribution < 1.29 is 8.42 Å². The first-order valence-corrected chi connectivity index (χ1v) is 7.57. The lowest BCUT2D eigenvalue weighted by Gasteiger charge is -2.07. The van der Waals surface area contributed by atoms with E-state index in [9.17, 15) is 8.42 Å². The summed E-state index contributed by atoms with van der Waals surface area (Å²) in [5, 5.41) is 9.75. The highest BCUT2D eigenvalue weighted by atomic mass is 32.2. The van der Waals surface area contributed by atoms with E-state index in [1.807, 2.05) is 6.92 Å². The maximum atomic E-state index is 12.4. The molecule has 0 aromatic carbocycles. The number of sulfonamides is 1. The van der Waals surface area contributed by atoms with Crippen LogP contribution < -0.4 is 10.0 Å². The second-order valence-corrected chi connectivity index (χ2v) is 5.70. The summed E-state index contributed by atoms with van der Waals surface area (Å²) in [7, 11) is -3.77. The fourth-order valence-corrected chi connectivity index (χ4v) is 3.04. The molecule has 2 aromatic rings. The molecule has 0 atom stereocenters. The van der Waals surface area contributed by atoms with Crippen LogP contribution in [0.5, 0.6) is 0 Å². The third-order valence-electron chi connectivity index (χ3n) is 2.56. The highest BCUT2D eigenvalue weighted by Crippen LogP contribution is 2.19. The lowest BCUT2D eigenvalue weighted by molar-refractivity contribution is 0.597. The van der Waals surface area contributed by atoms with Crippen LogP contribution in [0, 0.1) is 6.92 Å². The molecular formula is C11H16N6O2S. The SMILES string of the molecule is CCNCc1n[nH]c(C)c1S(=O)(=O)Nc1ncccn1. The third-order valence-corrected chi connectivity index (χ3v) is 4.09. The normalized spacial score (nSPS) is 11.5. The Kier molecular flexibility index (Phi) is 4.30. The van der Waals surface area contributed by atoms with Crippen molar-refractivity contribution in [3.63, 3.8) is 0 Å². The smallest absolute Gasteiger partial charge is 0.267 e. The molecule has 0 saturated carbocycles. The summed E-state index contributed by atoms with van der Waals surface area (Å²) in [6, 6.07) is 1.61. The molecule has 8 nitrogen and oxygen atoms in total. The van der Waals surface area contributed by atoms with Gasteiger partial charge in [-0.25, -0.2) is 23.1 Å². The number of hydrogen-bond acceptors (Lipinski definition) is 6. The first-order chi connectivity index (χ1) is 9.54. The molecule has 0 fully saturated rings. The summed E-state index contributed by atoms with van der Waals surface area (Å²) in [4.78, 5) is 7.83.